The third kappa shape index (κ3) is 3.44. The first-order valence-electron chi connectivity index (χ1n) is 7.04. The van der Waals surface area contributed by atoms with Crippen LogP contribution < -0.4 is 0 Å². The maximum Gasteiger partial charge on any atom is 0.140 e. The Kier molecular flexibility index (Phi) is 3.89. The molecule has 0 radical (unpaired) electrons. The number of carbonyl (C=O) groups excluding carboxylic acids is 1. The molecule has 1 aliphatic carbocycles. The molecule has 0 aliphatic heterocycles. The highest BCUT2D eigenvalue weighted by atomic mass is 16.1. The van der Waals surface area contributed by atoms with E-state index in [2.05, 4.69) is 39.0 Å². The zero-order chi connectivity index (χ0) is 13.2. The third-order valence-corrected chi connectivity index (χ3v) is 4.26. The molecule has 0 saturated heterocycles. The van der Waals surface area contributed by atoms with Crippen LogP contribution in [0.25, 0.3) is 0 Å². The summed E-state index contributed by atoms with van der Waals surface area (Å²) < 4.78 is 0. The SMILES string of the molecule is Cc1cccc(CC(=O)C2CCC(C)(C)CC2)c1. The summed E-state index contributed by atoms with van der Waals surface area (Å²) in [5.41, 5.74) is 2.86. The molecule has 98 valence electrons. The van der Waals surface area contributed by atoms with Gasteiger partial charge in [-0.05, 0) is 43.6 Å². The topological polar surface area (TPSA) is 17.1 Å². The summed E-state index contributed by atoms with van der Waals surface area (Å²) in [5, 5.41) is 0. The average molecular weight is 244 g/mol. The van der Waals surface area contributed by atoms with Crippen molar-refractivity contribution in [3.63, 3.8) is 0 Å². The highest BCUT2D eigenvalue weighted by Gasteiger charge is 2.30. The van der Waals surface area contributed by atoms with E-state index in [1.807, 2.05) is 6.07 Å². The van der Waals surface area contributed by atoms with Crippen molar-refractivity contribution in [2.24, 2.45) is 11.3 Å². The van der Waals surface area contributed by atoms with E-state index in [-0.39, 0.29) is 0 Å². The second-order valence-electron chi connectivity index (χ2n) is 6.57. The monoisotopic (exact) mass is 244 g/mol. The smallest absolute Gasteiger partial charge is 0.140 e. The second kappa shape index (κ2) is 5.26. The first-order chi connectivity index (χ1) is 8.46. The lowest BCUT2D eigenvalue weighted by atomic mass is 9.71. The van der Waals surface area contributed by atoms with Gasteiger partial charge in [-0.25, -0.2) is 0 Å². The first-order valence-corrected chi connectivity index (χ1v) is 7.04. The molecule has 1 aliphatic rings. The molecule has 2 rings (SSSR count). The lowest BCUT2D eigenvalue weighted by Crippen LogP contribution is -2.27. The Balaban J connectivity index is 1.93. The van der Waals surface area contributed by atoms with Crippen LogP contribution in [0.2, 0.25) is 0 Å². The summed E-state index contributed by atoms with van der Waals surface area (Å²) in [6.07, 6.45) is 5.16. The van der Waals surface area contributed by atoms with E-state index < -0.39 is 0 Å². The maximum absolute atomic E-state index is 12.3. The van der Waals surface area contributed by atoms with Gasteiger partial charge in [0.05, 0.1) is 0 Å². The minimum absolute atomic E-state index is 0.304. The summed E-state index contributed by atoms with van der Waals surface area (Å²) in [6.45, 7) is 6.71. The molecule has 0 bridgehead atoms. The molecule has 0 atom stereocenters. The van der Waals surface area contributed by atoms with E-state index in [1.54, 1.807) is 0 Å². The van der Waals surface area contributed by atoms with E-state index in [9.17, 15) is 4.79 Å². The molecule has 1 saturated carbocycles. The number of Topliss-reactive ketones (excluding diaryl/α,β-unsaturated/α-hetero) is 1. The normalized spacial score (nSPS) is 19.7. The van der Waals surface area contributed by atoms with Crippen LogP contribution in [0.15, 0.2) is 24.3 Å². The van der Waals surface area contributed by atoms with Gasteiger partial charge >= 0.3 is 0 Å². The zero-order valence-corrected chi connectivity index (χ0v) is 11.8. The Labute approximate surface area is 111 Å². The van der Waals surface area contributed by atoms with Crippen LogP contribution in [0.3, 0.4) is 0 Å². The van der Waals surface area contributed by atoms with Gasteiger partial charge in [0.25, 0.3) is 0 Å². The number of ketones is 1. The van der Waals surface area contributed by atoms with Crippen LogP contribution in [0.4, 0.5) is 0 Å². The van der Waals surface area contributed by atoms with Crippen molar-refractivity contribution < 1.29 is 4.79 Å². The molecular formula is C17H24O. The molecule has 0 spiro atoms. The first kappa shape index (κ1) is 13.3. The van der Waals surface area contributed by atoms with E-state index in [0.717, 1.165) is 12.8 Å². The number of carbonyl (C=O) groups is 1. The molecule has 0 heterocycles. The van der Waals surface area contributed by atoms with Gasteiger partial charge in [0.15, 0.2) is 0 Å². The van der Waals surface area contributed by atoms with Gasteiger partial charge in [0.1, 0.15) is 5.78 Å². The molecule has 1 nitrogen and oxygen atoms in total. The Hall–Kier alpha value is -1.11. The minimum atomic E-state index is 0.304. The molecule has 0 N–H and O–H groups in total. The van der Waals surface area contributed by atoms with Crippen molar-refractivity contribution in [2.75, 3.05) is 0 Å². The molecule has 0 aromatic heterocycles. The standard InChI is InChI=1S/C17H24O/c1-13-5-4-6-14(11-13)12-16(18)15-7-9-17(2,3)10-8-15/h4-6,11,15H,7-10,12H2,1-3H3. The Morgan fingerprint density at radius 1 is 1.28 bits per heavy atom. The number of aryl methyl sites for hydroxylation is 1. The Morgan fingerprint density at radius 3 is 2.56 bits per heavy atom. The van der Waals surface area contributed by atoms with Crippen molar-refractivity contribution in [3.05, 3.63) is 35.4 Å². The molecule has 0 amide bonds. The second-order valence-corrected chi connectivity index (χ2v) is 6.57. The predicted octanol–water partition coefficient (Wildman–Crippen LogP) is 4.32. The van der Waals surface area contributed by atoms with Gasteiger partial charge in [-0.2, -0.15) is 0 Å². The van der Waals surface area contributed by atoms with Crippen molar-refractivity contribution in [3.8, 4) is 0 Å². The van der Waals surface area contributed by atoms with Gasteiger partial charge in [-0.15, -0.1) is 0 Å². The summed E-state index contributed by atoms with van der Waals surface area (Å²) in [6, 6.07) is 8.32. The molecule has 0 unspecified atom stereocenters. The van der Waals surface area contributed by atoms with Gasteiger partial charge < -0.3 is 0 Å². The maximum atomic E-state index is 12.3. The highest BCUT2D eigenvalue weighted by molar-refractivity contribution is 5.83. The van der Waals surface area contributed by atoms with Gasteiger partial charge in [-0.3, -0.25) is 4.79 Å². The van der Waals surface area contributed by atoms with Crippen LogP contribution in [0.1, 0.15) is 50.7 Å². The quantitative estimate of drug-likeness (QED) is 0.773. The zero-order valence-electron chi connectivity index (χ0n) is 11.8. The van der Waals surface area contributed by atoms with E-state index in [1.165, 1.54) is 24.0 Å². The summed E-state index contributed by atoms with van der Waals surface area (Å²) in [5.74, 6) is 0.745. The van der Waals surface area contributed by atoms with Gasteiger partial charge in [0, 0.05) is 12.3 Å². The number of benzene rings is 1. The highest BCUT2D eigenvalue weighted by Crippen LogP contribution is 2.38. The molecular weight excluding hydrogens is 220 g/mol. The number of hydrogen-bond donors (Lipinski definition) is 0. The molecule has 1 aromatic carbocycles. The van der Waals surface area contributed by atoms with Crippen molar-refractivity contribution >= 4 is 5.78 Å². The van der Waals surface area contributed by atoms with Crippen molar-refractivity contribution in [1.29, 1.82) is 0 Å². The van der Waals surface area contributed by atoms with Gasteiger partial charge in [0.2, 0.25) is 0 Å². The number of rotatable bonds is 3. The summed E-state index contributed by atoms with van der Waals surface area (Å²) >= 11 is 0. The van der Waals surface area contributed by atoms with Crippen LogP contribution >= 0.6 is 0 Å². The Bertz CT molecular complexity index is 421. The Morgan fingerprint density at radius 2 is 1.94 bits per heavy atom. The fourth-order valence-corrected chi connectivity index (χ4v) is 2.89. The predicted molar refractivity (Wildman–Crippen MR) is 75.6 cm³/mol. The number of hydrogen-bond acceptors (Lipinski definition) is 1. The summed E-state index contributed by atoms with van der Waals surface area (Å²) in [4.78, 5) is 12.3. The lowest BCUT2D eigenvalue weighted by molar-refractivity contribution is -0.123. The lowest BCUT2D eigenvalue weighted by Gasteiger charge is -2.33. The van der Waals surface area contributed by atoms with E-state index in [0.29, 0.717) is 23.5 Å². The third-order valence-electron chi connectivity index (χ3n) is 4.26. The average Bonchev–Trinajstić information content (AvgIpc) is 2.28. The van der Waals surface area contributed by atoms with Crippen molar-refractivity contribution in [2.45, 2.75) is 52.9 Å². The van der Waals surface area contributed by atoms with Crippen molar-refractivity contribution in [1.82, 2.24) is 0 Å². The van der Waals surface area contributed by atoms with Crippen LogP contribution in [-0.4, -0.2) is 5.78 Å². The van der Waals surface area contributed by atoms with Crippen LogP contribution in [0, 0.1) is 18.3 Å². The van der Waals surface area contributed by atoms with E-state index in [4.69, 9.17) is 0 Å². The van der Waals surface area contributed by atoms with Gasteiger partial charge in [-0.1, -0.05) is 43.7 Å². The largest absolute Gasteiger partial charge is 0.299 e. The molecule has 18 heavy (non-hydrogen) atoms. The van der Waals surface area contributed by atoms with E-state index >= 15 is 0 Å². The molecule has 1 heteroatoms. The summed E-state index contributed by atoms with van der Waals surface area (Å²) in [7, 11) is 0. The van der Waals surface area contributed by atoms with Crippen LogP contribution in [0.5, 0.6) is 0 Å². The molecule has 1 aromatic rings. The van der Waals surface area contributed by atoms with Crippen LogP contribution in [-0.2, 0) is 11.2 Å². The fraction of sp³-hybridized carbons (Fsp3) is 0.588. The minimum Gasteiger partial charge on any atom is -0.299 e. The fourth-order valence-electron chi connectivity index (χ4n) is 2.89. The molecule has 1 fully saturated rings.